The summed E-state index contributed by atoms with van der Waals surface area (Å²) in [6, 6.07) is 4.88. The van der Waals surface area contributed by atoms with Crippen LogP contribution in [0.2, 0.25) is 0 Å². The van der Waals surface area contributed by atoms with E-state index in [2.05, 4.69) is 5.32 Å². The molecule has 7 nitrogen and oxygen atoms in total. The maximum absolute atomic E-state index is 12.4. The van der Waals surface area contributed by atoms with E-state index in [4.69, 9.17) is 9.47 Å². The Labute approximate surface area is 140 Å². The smallest absolute Gasteiger partial charge is 0.268 e. The summed E-state index contributed by atoms with van der Waals surface area (Å²) < 4.78 is 10.5. The third-order valence-electron chi connectivity index (χ3n) is 3.72. The fourth-order valence-corrected chi connectivity index (χ4v) is 2.43. The van der Waals surface area contributed by atoms with Crippen molar-refractivity contribution < 1.29 is 23.9 Å². The minimum absolute atomic E-state index is 0.117. The number of ketones is 1. The third-order valence-corrected chi connectivity index (χ3v) is 3.72. The lowest BCUT2D eigenvalue weighted by Crippen LogP contribution is -2.49. The van der Waals surface area contributed by atoms with Crippen LogP contribution in [0.15, 0.2) is 18.2 Å². The van der Waals surface area contributed by atoms with Crippen LogP contribution in [0, 0.1) is 0 Å². The van der Waals surface area contributed by atoms with Crippen LogP contribution >= 0.6 is 0 Å². The average molecular weight is 334 g/mol. The Balaban J connectivity index is 2.16. The molecule has 2 rings (SSSR count). The molecule has 1 aliphatic heterocycles. The molecule has 1 N–H and O–H groups in total. The third kappa shape index (κ3) is 4.11. The molecule has 0 aromatic heterocycles. The van der Waals surface area contributed by atoms with E-state index >= 15 is 0 Å². The summed E-state index contributed by atoms with van der Waals surface area (Å²) in [5, 5.41) is 2.75. The first kappa shape index (κ1) is 17.9. The minimum atomic E-state index is -0.679. The maximum Gasteiger partial charge on any atom is 0.268 e. The predicted octanol–water partition coefficient (Wildman–Crippen LogP) is 1.16. The summed E-state index contributed by atoms with van der Waals surface area (Å²) in [5.74, 6) is -0.213. The van der Waals surface area contributed by atoms with Gasteiger partial charge in [-0.25, -0.2) is 0 Å². The van der Waals surface area contributed by atoms with Gasteiger partial charge in [-0.15, -0.1) is 0 Å². The summed E-state index contributed by atoms with van der Waals surface area (Å²) in [6.45, 7) is 3.99. The van der Waals surface area contributed by atoms with Gasteiger partial charge in [0.15, 0.2) is 11.9 Å². The van der Waals surface area contributed by atoms with E-state index in [0.717, 1.165) is 0 Å². The van der Waals surface area contributed by atoms with E-state index in [1.807, 2.05) is 0 Å². The number of benzene rings is 1. The molecule has 1 aromatic carbocycles. The van der Waals surface area contributed by atoms with E-state index < -0.39 is 6.10 Å². The van der Waals surface area contributed by atoms with Crippen molar-refractivity contribution in [2.24, 2.45) is 0 Å². The van der Waals surface area contributed by atoms with Crippen molar-refractivity contribution in [3.05, 3.63) is 23.8 Å². The fourth-order valence-electron chi connectivity index (χ4n) is 2.43. The van der Waals surface area contributed by atoms with E-state index in [-0.39, 0.29) is 24.1 Å². The monoisotopic (exact) mass is 334 g/mol. The Morgan fingerprint density at radius 1 is 1.38 bits per heavy atom. The highest BCUT2D eigenvalue weighted by molar-refractivity contribution is 6.05. The molecule has 0 bridgehead atoms. The van der Waals surface area contributed by atoms with Gasteiger partial charge < -0.3 is 14.8 Å². The quantitative estimate of drug-likeness (QED) is 0.597. The zero-order valence-corrected chi connectivity index (χ0v) is 14.1. The summed E-state index contributed by atoms with van der Waals surface area (Å²) >= 11 is 0. The molecular weight excluding hydrogens is 312 g/mol. The molecule has 1 heterocycles. The summed E-state index contributed by atoms with van der Waals surface area (Å²) in [7, 11) is 1.60. The van der Waals surface area contributed by atoms with Crippen molar-refractivity contribution in [1.82, 2.24) is 5.32 Å². The standard InChI is InChI=1S/C17H22N2O5/c1-11(20)13-5-6-15-14(9-13)19(17(22)12(2)24-15)10-16(21)18-7-4-8-23-3/h5-6,9,12H,4,7-8,10H2,1-3H3,(H,18,21). The number of anilines is 1. The molecule has 1 unspecified atom stereocenters. The van der Waals surface area contributed by atoms with Crippen molar-refractivity contribution in [3.63, 3.8) is 0 Å². The highest BCUT2D eigenvalue weighted by atomic mass is 16.5. The number of carbonyl (C=O) groups excluding carboxylic acids is 3. The van der Waals surface area contributed by atoms with Crippen LogP contribution in [0.1, 0.15) is 30.6 Å². The van der Waals surface area contributed by atoms with Gasteiger partial charge in [-0.1, -0.05) is 0 Å². The minimum Gasteiger partial charge on any atom is -0.479 e. The molecule has 0 saturated heterocycles. The Kier molecular flexibility index (Phi) is 5.92. The van der Waals surface area contributed by atoms with E-state index in [1.165, 1.54) is 11.8 Å². The largest absolute Gasteiger partial charge is 0.479 e. The van der Waals surface area contributed by atoms with Crippen molar-refractivity contribution in [2.75, 3.05) is 31.7 Å². The van der Waals surface area contributed by atoms with Gasteiger partial charge in [-0.3, -0.25) is 19.3 Å². The lowest BCUT2D eigenvalue weighted by atomic mass is 10.1. The van der Waals surface area contributed by atoms with Gasteiger partial charge in [0, 0.05) is 25.8 Å². The number of carbonyl (C=O) groups is 3. The number of amides is 2. The fraction of sp³-hybridized carbons (Fsp3) is 0.471. The number of hydrogen-bond acceptors (Lipinski definition) is 5. The van der Waals surface area contributed by atoms with Crippen LogP contribution in [-0.2, 0) is 14.3 Å². The zero-order chi connectivity index (χ0) is 17.7. The first-order valence-electron chi connectivity index (χ1n) is 7.82. The summed E-state index contributed by atoms with van der Waals surface area (Å²) in [6.07, 6.45) is 0.0165. The number of fused-ring (bicyclic) bond motifs is 1. The maximum atomic E-state index is 12.4. The molecule has 1 aromatic rings. The van der Waals surface area contributed by atoms with E-state index in [9.17, 15) is 14.4 Å². The molecule has 2 amide bonds. The average Bonchev–Trinajstić information content (AvgIpc) is 2.55. The van der Waals surface area contributed by atoms with Crippen LogP contribution in [0.3, 0.4) is 0 Å². The number of hydrogen-bond donors (Lipinski definition) is 1. The second-order valence-electron chi connectivity index (χ2n) is 5.62. The van der Waals surface area contributed by atoms with Gasteiger partial charge in [-0.2, -0.15) is 0 Å². The molecular formula is C17H22N2O5. The molecule has 1 aliphatic rings. The molecule has 0 saturated carbocycles. The van der Waals surface area contributed by atoms with Gasteiger partial charge in [0.1, 0.15) is 12.3 Å². The molecule has 0 fully saturated rings. The topological polar surface area (TPSA) is 84.9 Å². The number of Topliss-reactive ketones (excluding diaryl/α,β-unsaturated/α-hetero) is 1. The Bertz CT molecular complexity index is 644. The van der Waals surface area contributed by atoms with Crippen molar-refractivity contribution >= 4 is 23.3 Å². The predicted molar refractivity (Wildman–Crippen MR) is 88.4 cm³/mol. The van der Waals surface area contributed by atoms with Crippen LogP contribution in [0.25, 0.3) is 0 Å². The van der Waals surface area contributed by atoms with Gasteiger partial charge in [0.2, 0.25) is 5.91 Å². The summed E-state index contributed by atoms with van der Waals surface area (Å²) in [5.41, 5.74) is 0.906. The second-order valence-corrected chi connectivity index (χ2v) is 5.62. The Morgan fingerprint density at radius 3 is 2.79 bits per heavy atom. The van der Waals surface area contributed by atoms with Gasteiger partial charge in [0.25, 0.3) is 5.91 Å². The SMILES string of the molecule is COCCCNC(=O)CN1C(=O)C(C)Oc2ccc(C(C)=O)cc21. The molecule has 0 aliphatic carbocycles. The Hall–Kier alpha value is -2.41. The van der Waals surface area contributed by atoms with Crippen molar-refractivity contribution in [1.29, 1.82) is 0 Å². The number of nitrogens with zero attached hydrogens (tertiary/aromatic N) is 1. The highest BCUT2D eigenvalue weighted by Crippen LogP contribution is 2.34. The first-order chi connectivity index (χ1) is 11.4. The number of nitrogens with one attached hydrogen (secondary N) is 1. The number of ether oxygens (including phenoxy) is 2. The zero-order valence-electron chi connectivity index (χ0n) is 14.1. The van der Waals surface area contributed by atoms with Gasteiger partial charge in [0.05, 0.1) is 5.69 Å². The molecule has 0 spiro atoms. The van der Waals surface area contributed by atoms with Gasteiger partial charge in [-0.05, 0) is 38.5 Å². The van der Waals surface area contributed by atoms with Crippen molar-refractivity contribution in [3.8, 4) is 5.75 Å². The molecule has 1 atom stereocenters. The number of methoxy groups -OCH3 is 1. The molecule has 24 heavy (non-hydrogen) atoms. The molecule has 0 radical (unpaired) electrons. The van der Waals surface area contributed by atoms with Crippen LogP contribution < -0.4 is 15.0 Å². The second kappa shape index (κ2) is 7.92. The lowest BCUT2D eigenvalue weighted by molar-refractivity contribution is -0.128. The van der Waals surface area contributed by atoms with Crippen LogP contribution in [0.4, 0.5) is 5.69 Å². The Morgan fingerprint density at radius 2 is 2.12 bits per heavy atom. The van der Waals surface area contributed by atoms with Crippen molar-refractivity contribution in [2.45, 2.75) is 26.4 Å². The number of rotatable bonds is 7. The molecule has 130 valence electrons. The van der Waals surface area contributed by atoms with E-state index in [0.29, 0.717) is 36.6 Å². The van der Waals surface area contributed by atoms with Gasteiger partial charge >= 0.3 is 0 Å². The highest BCUT2D eigenvalue weighted by Gasteiger charge is 2.33. The van der Waals surface area contributed by atoms with Crippen LogP contribution in [0.5, 0.6) is 5.75 Å². The summed E-state index contributed by atoms with van der Waals surface area (Å²) in [4.78, 5) is 37.4. The molecule has 7 heteroatoms. The normalized spacial score (nSPS) is 16.4. The first-order valence-corrected chi connectivity index (χ1v) is 7.82. The van der Waals surface area contributed by atoms with Crippen LogP contribution in [-0.4, -0.2) is 50.5 Å². The van der Waals surface area contributed by atoms with E-state index in [1.54, 1.807) is 32.2 Å². The lowest BCUT2D eigenvalue weighted by Gasteiger charge is -2.32.